The summed E-state index contributed by atoms with van der Waals surface area (Å²) in [6.45, 7) is 4.26. The second kappa shape index (κ2) is 5.05. The number of nitrogens with zero attached hydrogens (tertiary/aromatic N) is 3. The molecule has 0 bridgehead atoms. The highest BCUT2D eigenvalue weighted by Gasteiger charge is 2.13. The second-order valence-corrected chi connectivity index (χ2v) is 5.12. The van der Waals surface area contributed by atoms with E-state index in [0.717, 1.165) is 22.6 Å². The van der Waals surface area contributed by atoms with Gasteiger partial charge in [0.1, 0.15) is 5.82 Å². The van der Waals surface area contributed by atoms with E-state index in [1.54, 1.807) is 0 Å². The van der Waals surface area contributed by atoms with Gasteiger partial charge in [0.05, 0.1) is 29.3 Å². The van der Waals surface area contributed by atoms with Crippen LogP contribution in [0.15, 0.2) is 24.4 Å². The van der Waals surface area contributed by atoms with Crippen molar-refractivity contribution in [2.24, 2.45) is 7.05 Å². The molecule has 1 aromatic carbocycles. The maximum atomic E-state index is 12.1. The van der Waals surface area contributed by atoms with Crippen LogP contribution in [0.3, 0.4) is 0 Å². The number of aromatic nitrogens is 4. The third kappa shape index (κ3) is 2.29. The zero-order chi connectivity index (χ0) is 15.0. The number of imidazole rings is 1. The number of benzene rings is 1. The summed E-state index contributed by atoms with van der Waals surface area (Å²) in [7, 11) is 1.97. The Balaban J connectivity index is 1.83. The fraction of sp³-hybridized carbons (Fsp3) is 0.267. The van der Waals surface area contributed by atoms with Crippen LogP contribution in [-0.2, 0) is 13.6 Å². The molecule has 2 heterocycles. The molecule has 0 radical (unpaired) electrons. The van der Waals surface area contributed by atoms with E-state index < -0.39 is 0 Å². The molecule has 0 spiro atoms. The molecule has 2 aromatic heterocycles. The minimum atomic E-state index is -0.148. The van der Waals surface area contributed by atoms with Gasteiger partial charge in [-0.25, -0.2) is 4.98 Å². The van der Waals surface area contributed by atoms with Gasteiger partial charge in [0.15, 0.2) is 0 Å². The summed E-state index contributed by atoms with van der Waals surface area (Å²) in [6.07, 6.45) is 1.53. The highest BCUT2D eigenvalue weighted by Crippen LogP contribution is 2.18. The van der Waals surface area contributed by atoms with Gasteiger partial charge in [0, 0.05) is 12.7 Å². The first-order valence-electron chi connectivity index (χ1n) is 6.77. The molecule has 3 aromatic rings. The SMILES string of the molecule is Cc1[nH]ncc1C(=O)NCc1nc2cccc(C)c2n1C. The fourth-order valence-corrected chi connectivity index (χ4v) is 2.51. The third-order valence-corrected chi connectivity index (χ3v) is 3.67. The standard InChI is InChI=1S/C15H17N5O/c1-9-5-4-6-12-14(9)20(3)13(18-12)8-16-15(21)11-7-17-19-10(11)2/h4-7H,8H2,1-3H3,(H,16,21)(H,17,19). The van der Waals surface area contributed by atoms with Crippen molar-refractivity contribution in [1.82, 2.24) is 25.1 Å². The first-order chi connectivity index (χ1) is 10.1. The van der Waals surface area contributed by atoms with Crippen LogP contribution in [0.2, 0.25) is 0 Å². The summed E-state index contributed by atoms with van der Waals surface area (Å²) in [6, 6.07) is 6.02. The Morgan fingerprint density at radius 2 is 2.19 bits per heavy atom. The van der Waals surface area contributed by atoms with E-state index in [4.69, 9.17) is 0 Å². The summed E-state index contributed by atoms with van der Waals surface area (Å²) < 4.78 is 2.02. The number of rotatable bonds is 3. The van der Waals surface area contributed by atoms with E-state index in [9.17, 15) is 4.79 Å². The second-order valence-electron chi connectivity index (χ2n) is 5.12. The third-order valence-electron chi connectivity index (χ3n) is 3.67. The lowest BCUT2D eigenvalue weighted by atomic mass is 10.2. The first kappa shape index (κ1) is 13.4. The Morgan fingerprint density at radius 1 is 1.38 bits per heavy atom. The van der Waals surface area contributed by atoms with Crippen molar-refractivity contribution in [2.75, 3.05) is 0 Å². The number of amides is 1. The van der Waals surface area contributed by atoms with E-state index >= 15 is 0 Å². The van der Waals surface area contributed by atoms with Crippen molar-refractivity contribution in [3.05, 3.63) is 47.0 Å². The average molecular weight is 283 g/mol. The Morgan fingerprint density at radius 3 is 2.86 bits per heavy atom. The number of aryl methyl sites for hydroxylation is 3. The van der Waals surface area contributed by atoms with Crippen LogP contribution in [0.5, 0.6) is 0 Å². The highest BCUT2D eigenvalue weighted by molar-refractivity contribution is 5.94. The number of H-pyrrole nitrogens is 1. The molecule has 1 amide bonds. The van der Waals surface area contributed by atoms with Crippen LogP contribution in [0, 0.1) is 13.8 Å². The number of carbonyl (C=O) groups is 1. The van der Waals surface area contributed by atoms with Crippen molar-refractivity contribution in [3.63, 3.8) is 0 Å². The summed E-state index contributed by atoms with van der Waals surface area (Å²) in [5, 5.41) is 9.49. The van der Waals surface area contributed by atoms with Crippen molar-refractivity contribution >= 4 is 16.9 Å². The van der Waals surface area contributed by atoms with Gasteiger partial charge in [-0.15, -0.1) is 0 Å². The summed E-state index contributed by atoms with van der Waals surface area (Å²) in [5.41, 5.74) is 4.53. The summed E-state index contributed by atoms with van der Waals surface area (Å²) in [4.78, 5) is 16.7. The molecule has 0 unspecified atom stereocenters. The largest absolute Gasteiger partial charge is 0.345 e. The lowest BCUT2D eigenvalue weighted by Crippen LogP contribution is -2.24. The zero-order valence-corrected chi connectivity index (χ0v) is 12.3. The molecule has 2 N–H and O–H groups in total. The van der Waals surface area contributed by atoms with Crippen LogP contribution >= 0.6 is 0 Å². The molecule has 3 rings (SSSR count). The minimum Gasteiger partial charge on any atom is -0.345 e. The zero-order valence-electron chi connectivity index (χ0n) is 12.3. The maximum absolute atomic E-state index is 12.1. The molecule has 0 aliphatic rings. The van der Waals surface area contributed by atoms with E-state index in [2.05, 4.69) is 33.5 Å². The van der Waals surface area contributed by atoms with Crippen molar-refractivity contribution in [2.45, 2.75) is 20.4 Å². The molecular weight excluding hydrogens is 266 g/mol. The monoisotopic (exact) mass is 283 g/mol. The van der Waals surface area contributed by atoms with Crippen molar-refractivity contribution in [3.8, 4) is 0 Å². The Kier molecular flexibility index (Phi) is 3.21. The Hall–Kier alpha value is -2.63. The number of hydrogen-bond donors (Lipinski definition) is 2. The van der Waals surface area contributed by atoms with Crippen LogP contribution in [0.4, 0.5) is 0 Å². The van der Waals surface area contributed by atoms with Crippen molar-refractivity contribution in [1.29, 1.82) is 0 Å². The van der Waals surface area contributed by atoms with Gasteiger partial charge in [-0.1, -0.05) is 12.1 Å². The quantitative estimate of drug-likeness (QED) is 0.770. The minimum absolute atomic E-state index is 0.148. The molecule has 0 saturated carbocycles. The molecule has 0 aliphatic carbocycles. The van der Waals surface area contributed by atoms with Crippen LogP contribution in [0.1, 0.15) is 27.4 Å². The van der Waals surface area contributed by atoms with Gasteiger partial charge in [0.2, 0.25) is 0 Å². The maximum Gasteiger partial charge on any atom is 0.255 e. The summed E-state index contributed by atoms with van der Waals surface area (Å²) in [5.74, 6) is 0.679. The van der Waals surface area contributed by atoms with Crippen LogP contribution in [0.25, 0.3) is 11.0 Å². The fourth-order valence-electron chi connectivity index (χ4n) is 2.51. The number of nitrogens with one attached hydrogen (secondary N) is 2. The molecule has 6 heteroatoms. The number of aromatic amines is 1. The van der Waals surface area contributed by atoms with Crippen molar-refractivity contribution < 1.29 is 4.79 Å². The van der Waals surface area contributed by atoms with Gasteiger partial charge < -0.3 is 9.88 Å². The molecule has 0 fully saturated rings. The average Bonchev–Trinajstić information content (AvgIpc) is 3.01. The van der Waals surface area contributed by atoms with Gasteiger partial charge in [0.25, 0.3) is 5.91 Å². The topological polar surface area (TPSA) is 75.6 Å². The summed E-state index contributed by atoms with van der Waals surface area (Å²) >= 11 is 0. The van der Waals surface area contributed by atoms with Gasteiger partial charge in [-0.3, -0.25) is 9.89 Å². The number of para-hydroxylation sites is 1. The highest BCUT2D eigenvalue weighted by atomic mass is 16.1. The van der Waals surface area contributed by atoms with Crippen LogP contribution < -0.4 is 5.32 Å². The van der Waals surface area contributed by atoms with E-state index in [1.807, 2.05) is 30.7 Å². The Bertz CT molecular complexity index is 815. The predicted molar refractivity (Wildman–Crippen MR) is 79.9 cm³/mol. The molecule has 108 valence electrons. The predicted octanol–water partition coefficient (Wildman–Crippen LogP) is 1.84. The van der Waals surface area contributed by atoms with Gasteiger partial charge in [-0.05, 0) is 25.5 Å². The first-order valence-corrected chi connectivity index (χ1v) is 6.77. The lowest BCUT2D eigenvalue weighted by Gasteiger charge is -2.05. The normalized spacial score (nSPS) is 11.0. The van der Waals surface area contributed by atoms with Crippen LogP contribution in [-0.4, -0.2) is 25.7 Å². The number of fused-ring (bicyclic) bond motifs is 1. The van der Waals surface area contributed by atoms with Gasteiger partial charge in [-0.2, -0.15) is 5.10 Å². The smallest absolute Gasteiger partial charge is 0.255 e. The lowest BCUT2D eigenvalue weighted by molar-refractivity contribution is 0.0949. The van der Waals surface area contributed by atoms with E-state index in [0.29, 0.717) is 12.1 Å². The van der Waals surface area contributed by atoms with Gasteiger partial charge >= 0.3 is 0 Å². The molecule has 21 heavy (non-hydrogen) atoms. The van der Waals surface area contributed by atoms with E-state index in [1.165, 1.54) is 11.8 Å². The number of carbonyl (C=O) groups excluding carboxylic acids is 1. The Labute approximate surface area is 122 Å². The number of hydrogen-bond acceptors (Lipinski definition) is 3. The molecule has 6 nitrogen and oxygen atoms in total. The molecule has 0 aliphatic heterocycles. The molecule has 0 atom stereocenters. The molecule has 0 saturated heterocycles. The molecular formula is C15H17N5O. The van der Waals surface area contributed by atoms with E-state index in [-0.39, 0.29) is 5.91 Å².